The van der Waals surface area contributed by atoms with Crippen molar-refractivity contribution in [3.05, 3.63) is 35.4 Å². The summed E-state index contributed by atoms with van der Waals surface area (Å²) in [5.74, 6) is 0.303. The molecule has 0 aliphatic carbocycles. The normalized spacial score (nSPS) is 15.2. The first-order valence-corrected chi connectivity index (χ1v) is 8.32. The van der Waals surface area contributed by atoms with Crippen molar-refractivity contribution in [2.75, 3.05) is 20.1 Å². The van der Waals surface area contributed by atoms with Gasteiger partial charge in [-0.1, -0.05) is 38.1 Å². The van der Waals surface area contributed by atoms with E-state index in [9.17, 15) is 9.59 Å². The van der Waals surface area contributed by atoms with Gasteiger partial charge in [-0.25, -0.2) is 0 Å². The number of fused-ring (bicyclic) bond motifs is 1. The number of benzene rings is 1. The largest absolute Gasteiger partial charge is 0.358 e. The minimum Gasteiger partial charge on any atom is -0.358 e. The van der Waals surface area contributed by atoms with Crippen LogP contribution in [-0.4, -0.2) is 42.9 Å². The molecule has 1 aromatic carbocycles. The van der Waals surface area contributed by atoms with Crippen LogP contribution in [0, 0.1) is 5.92 Å². The summed E-state index contributed by atoms with van der Waals surface area (Å²) in [6.45, 7) is 5.98. The van der Waals surface area contributed by atoms with Crippen LogP contribution in [0.3, 0.4) is 0 Å². The van der Waals surface area contributed by atoms with Crippen LogP contribution in [0.2, 0.25) is 0 Å². The summed E-state index contributed by atoms with van der Waals surface area (Å²) in [4.78, 5) is 26.1. The fourth-order valence-electron chi connectivity index (χ4n) is 2.99. The van der Waals surface area contributed by atoms with E-state index in [-0.39, 0.29) is 23.8 Å². The van der Waals surface area contributed by atoms with E-state index in [0.717, 1.165) is 13.0 Å². The molecule has 1 aliphatic rings. The van der Waals surface area contributed by atoms with Crippen LogP contribution in [0.25, 0.3) is 0 Å². The Bertz CT molecular complexity index is 557. The smallest absolute Gasteiger partial charge is 0.237 e. The average Bonchev–Trinajstić information content (AvgIpc) is 2.57. The minimum atomic E-state index is -0.255. The first-order chi connectivity index (χ1) is 11.0. The van der Waals surface area contributed by atoms with Crippen molar-refractivity contribution in [2.24, 2.45) is 5.92 Å². The maximum atomic E-state index is 12.4. The van der Waals surface area contributed by atoms with Crippen LogP contribution < -0.4 is 10.6 Å². The Kier molecular flexibility index (Phi) is 6.16. The standard InChI is InChI=1S/C18H27N3O2/c1-13(2)17(18(23)19-3)20-10-8-16(22)21-11-9-14-6-4-5-7-15(14)12-21/h4-7,13,17,20H,8-12H2,1-3H3,(H,19,23). The van der Waals surface area contributed by atoms with Crippen molar-refractivity contribution in [1.29, 1.82) is 0 Å². The molecule has 23 heavy (non-hydrogen) atoms. The molecular formula is C18H27N3O2. The molecule has 2 amide bonds. The Morgan fingerprint density at radius 1 is 1.22 bits per heavy atom. The Morgan fingerprint density at radius 3 is 2.57 bits per heavy atom. The summed E-state index contributed by atoms with van der Waals surface area (Å²) in [7, 11) is 1.63. The molecule has 1 aliphatic heterocycles. The zero-order valence-corrected chi connectivity index (χ0v) is 14.3. The Hall–Kier alpha value is -1.88. The molecule has 0 fully saturated rings. The van der Waals surface area contributed by atoms with Crippen molar-refractivity contribution in [2.45, 2.75) is 39.3 Å². The molecule has 5 heteroatoms. The monoisotopic (exact) mass is 317 g/mol. The van der Waals surface area contributed by atoms with E-state index in [1.165, 1.54) is 11.1 Å². The van der Waals surface area contributed by atoms with Gasteiger partial charge in [0, 0.05) is 33.1 Å². The highest BCUT2D eigenvalue weighted by atomic mass is 16.2. The summed E-state index contributed by atoms with van der Waals surface area (Å²) in [5, 5.41) is 5.86. The summed E-state index contributed by atoms with van der Waals surface area (Å²) in [6, 6.07) is 8.04. The predicted octanol–water partition coefficient (Wildman–Crippen LogP) is 1.32. The first-order valence-electron chi connectivity index (χ1n) is 8.32. The van der Waals surface area contributed by atoms with Crippen LogP contribution in [0.5, 0.6) is 0 Å². The minimum absolute atomic E-state index is 0.0284. The van der Waals surface area contributed by atoms with Gasteiger partial charge in [0.05, 0.1) is 6.04 Å². The molecule has 0 radical (unpaired) electrons. The maximum absolute atomic E-state index is 12.4. The van der Waals surface area contributed by atoms with E-state index in [4.69, 9.17) is 0 Å². The van der Waals surface area contributed by atoms with Crippen LogP contribution in [-0.2, 0) is 22.6 Å². The SMILES string of the molecule is CNC(=O)C(NCCC(=O)N1CCc2ccccc2C1)C(C)C. The molecule has 2 rings (SSSR count). The number of rotatable bonds is 6. The van der Waals surface area contributed by atoms with E-state index < -0.39 is 0 Å². The molecule has 0 bridgehead atoms. The fraction of sp³-hybridized carbons (Fsp3) is 0.556. The molecule has 1 aromatic rings. The molecule has 0 saturated carbocycles. The highest BCUT2D eigenvalue weighted by Gasteiger charge is 2.22. The number of carbonyl (C=O) groups excluding carboxylic acids is 2. The molecule has 126 valence electrons. The van der Waals surface area contributed by atoms with Gasteiger partial charge >= 0.3 is 0 Å². The Balaban J connectivity index is 1.83. The quantitative estimate of drug-likeness (QED) is 0.832. The zero-order valence-electron chi connectivity index (χ0n) is 14.3. The number of carbonyl (C=O) groups is 2. The lowest BCUT2D eigenvalue weighted by Crippen LogP contribution is -2.47. The second-order valence-electron chi connectivity index (χ2n) is 6.37. The fourth-order valence-corrected chi connectivity index (χ4v) is 2.99. The van der Waals surface area contributed by atoms with Gasteiger partial charge in [-0.05, 0) is 23.5 Å². The second kappa shape index (κ2) is 8.11. The molecule has 0 aromatic heterocycles. The first kappa shape index (κ1) is 17.5. The third kappa shape index (κ3) is 4.55. The van der Waals surface area contributed by atoms with Crippen molar-refractivity contribution in [3.63, 3.8) is 0 Å². The van der Waals surface area contributed by atoms with Crippen molar-refractivity contribution < 1.29 is 9.59 Å². The van der Waals surface area contributed by atoms with E-state index in [2.05, 4.69) is 22.8 Å². The van der Waals surface area contributed by atoms with Gasteiger partial charge in [-0.3, -0.25) is 9.59 Å². The summed E-state index contributed by atoms with van der Waals surface area (Å²) in [6.07, 6.45) is 1.34. The van der Waals surface area contributed by atoms with Gasteiger partial charge in [-0.2, -0.15) is 0 Å². The second-order valence-corrected chi connectivity index (χ2v) is 6.37. The maximum Gasteiger partial charge on any atom is 0.237 e. The van der Waals surface area contributed by atoms with Gasteiger partial charge in [0.1, 0.15) is 0 Å². The van der Waals surface area contributed by atoms with E-state index in [1.807, 2.05) is 30.9 Å². The number of amides is 2. The van der Waals surface area contributed by atoms with Crippen molar-refractivity contribution >= 4 is 11.8 Å². The number of nitrogens with zero attached hydrogens (tertiary/aromatic N) is 1. The van der Waals surface area contributed by atoms with Crippen molar-refractivity contribution in [1.82, 2.24) is 15.5 Å². The van der Waals surface area contributed by atoms with Gasteiger partial charge in [-0.15, -0.1) is 0 Å². The number of hydrogen-bond acceptors (Lipinski definition) is 3. The third-order valence-electron chi connectivity index (χ3n) is 4.38. The summed E-state index contributed by atoms with van der Waals surface area (Å²) >= 11 is 0. The van der Waals surface area contributed by atoms with Gasteiger partial charge in [0.15, 0.2) is 0 Å². The summed E-state index contributed by atoms with van der Waals surface area (Å²) < 4.78 is 0. The van der Waals surface area contributed by atoms with E-state index in [0.29, 0.717) is 19.5 Å². The molecule has 0 spiro atoms. The molecule has 2 N–H and O–H groups in total. The molecule has 1 heterocycles. The molecule has 5 nitrogen and oxygen atoms in total. The Labute approximate surface area is 138 Å². The van der Waals surface area contributed by atoms with E-state index in [1.54, 1.807) is 7.05 Å². The lowest BCUT2D eigenvalue weighted by atomic mass is 9.99. The van der Waals surface area contributed by atoms with Crippen LogP contribution in [0.15, 0.2) is 24.3 Å². The van der Waals surface area contributed by atoms with Gasteiger partial charge < -0.3 is 15.5 Å². The van der Waals surface area contributed by atoms with Gasteiger partial charge in [0.25, 0.3) is 0 Å². The third-order valence-corrected chi connectivity index (χ3v) is 4.38. The lowest BCUT2D eigenvalue weighted by Gasteiger charge is -2.29. The topological polar surface area (TPSA) is 61.4 Å². The number of nitrogens with one attached hydrogen (secondary N) is 2. The molecule has 1 atom stereocenters. The number of likely N-dealkylation sites (N-methyl/N-ethyl adjacent to an activating group) is 1. The van der Waals surface area contributed by atoms with Crippen LogP contribution in [0.4, 0.5) is 0 Å². The van der Waals surface area contributed by atoms with Crippen LogP contribution in [0.1, 0.15) is 31.4 Å². The summed E-state index contributed by atoms with van der Waals surface area (Å²) in [5.41, 5.74) is 2.58. The molecular weight excluding hydrogens is 290 g/mol. The zero-order chi connectivity index (χ0) is 16.8. The molecule has 0 saturated heterocycles. The van der Waals surface area contributed by atoms with Gasteiger partial charge in [0.2, 0.25) is 11.8 Å². The highest BCUT2D eigenvalue weighted by Crippen LogP contribution is 2.18. The Morgan fingerprint density at radius 2 is 1.91 bits per heavy atom. The van der Waals surface area contributed by atoms with Crippen LogP contribution >= 0.6 is 0 Å². The molecule has 1 unspecified atom stereocenters. The lowest BCUT2D eigenvalue weighted by molar-refractivity contribution is -0.132. The number of hydrogen-bond donors (Lipinski definition) is 2. The highest BCUT2D eigenvalue weighted by molar-refractivity contribution is 5.82. The predicted molar refractivity (Wildman–Crippen MR) is 90.9 cm³/mol. The van der Waals surface area contributed by atoms with E-state index >= 15 is 0 Å². The average molecular weight is 317 g/mol. The van der Waals surface area contributed by atoms with Crippen molar-refractivity contribution in [3.8, 4) is 0 Å².